The summed E-state index contributed by atoms with van der Waals surface area (Å²) in [5, 5.41) is 9.98. The van der Waals surface area contributed by atoms with Gasteiger partial charge in [0.05, 0.1) is 19.8 Å². The molecule has 1 N–H and O–H groups in total. The molecule has 0 aromatic heterocycles. The minimum absolute atomic E-state index is 0.0487. The summed E-state index contributed by atoms with van der Waals surface area (Å²) in [4.78, 5) is 14.7. The number of aryl methyl sites for hydroxylation is 1. The molecule has 2 aliphatic rings. The zero-order valence-corrected chi connectivity index (χ0v) is 14.4. The van der Waals surface area contributed by atoms with E-state index in [0.717, 1.165) is 18.4 Å². The van der Waals surface area contributed by atoms with Gasteiger partial charge in [0.25, 0.3) is 0 Å². The Morgan fingerprint density at radius 3 is 2.62 bits per heavy atom. The molecule has 24 heavy (non-hydrogen) atoms. The van der Waals surface area contributed by atoms with Crippen LogP contribution in [0.1, 0.15) is 24.0 Å². The van der Waals surface area contributed by atoms with Crippen LogP contribution in [0.5, 0.6) is 0 Å². The number of benzene rings is 1. The highest BCUT2D eigenvalue weighted by Gasteiger charge is 2.39. The smallest absolute Gasteiger partial charge is 0.226 e. The van der Waals surface area contributed by atoms with Crippen molar-refractivity contribution in [2.24, 2.45) is 5.92 Å². The van der Waals surface area contributed by atoms with Gasteiger partial charge in [0.15, 0.2) is 0 Å². The van der Waals surface area contributed by atoms with Crippen LogP contribution >= 0.6 is 0 Å². The highest BCUT2D eigenvalue weighted by molar-refractivity contribution is 5.79. The van der Waals surface area contributed by atoms with E-state index in [1.54, 1.807) is 0 Å². The fraction of sp³-hybridized carbons (Fsp3) is 0.632. The summed E-state index contributed by atoms with van der Waals surface area (Å²) in [5.74, 6) is 0.232. The van der Waals surface area contributed by atoms with Gasteiger partial charge in [-0.25, -0.2) is 0 Å². The molecule has 5 nitrogen and oxygen atoms in total. The topological polar surface area (TPSA) is 59.0 Å². The number of ether oxygens (including phenoxy) is 2. The number of morpholine rings is 1. The zero-order valence-electron chi connectivity index (χ0n) is 14.4. The minimum Gasteiger partial charge on any atom is -0.393 e. The predicted octanol–water partition coefficient (Wildman–Crippen LogP) is 1.55. The molecule has 5 heteroatoms. The molecule has 2 fully saturated rings. The van der Waals surface area contributed by atoms with Crippen molar-refractivity contribution in [3.63, 3.8) is 0 Å². The molecule has 3 rings (SSSR count). The van der Waals surface area contributed by atoms with E-state index in [1.165, 1.54) is 5.56 Å². The van der Waals surface area contributed by atoms with Crippen LogP contribution in [-0.2, 0) is 20.7 Å². The third-order valence-corrected chi connectivity index (χ3v) is 5.07. The Morgan fingerprint density at radius 1 is 1.25 bits per heavy atom. The monoisotopic (exact) mass is 333 g/mol. The Labute approximate surface area is 143 Å². The van der Waals surface area contributed by atoms with Crippen LogP contribution in [0.3, 0.4) is 0 Å². The Bertz CT molecular complexity index is 553. The third kappa shape index (κ3) is 3.97. The third-order valence-electron chi connectivity index (χ3n) is 5.07. The first-order valence-electron chi connectivity index (χ1n) is 8.79. The van der Waals surface area contributed by atoms with E-state index in [0.29, 0.717) is 39.3 Å². The summed E-state index contributed by atoms with van der Waals surface area (Å²) >= 11 is 0. The number of aliphatic hydroxyl groups excluding tert-OH is 1. The molecule has 0 spiro atoms. The number of aliphatic hydroxyl groups is 1. The normalized spacial score (nSPS) is 25.7. The van der Waals surface area contributed by atoms with Crippen LogP contribution in [0.25, 0.3) is 0 Å². The van der Waals surface area contributed by atoms with E-state index < -0.39 is 5.60 Å². The van der Waals surface area contributed by atoms with Crippen molar-refractivity contribution in [2.75, 3.05) is 39.5 Å². The first-order chi connectivity index (χ1) is 11.6. The van der Waals surface area contributed by atoms with Gasteiger partial charge in [0.2, 0.25) is 5.91 Å². The molecule has 1 amide bonds. The maximum Gasteiger partial charge on any atom is 0.226 e. The summed E-state index contributed by atoms with van der Waals surface area (Å²) in [6.45, 7) is 4.82. The summed E-state index contributed by atoms with van der Waals surface area (Å²) in [6, 6.07) is 8.26. The molecule has 2 heterocycles. The van der Waals surface area contributed by atoms with Crippen LogP contribution in [0.15, 0.2) is 24.3 Å². The van der Waals surface area contributed by atoms with Gasteiger partial charge in [-0.15, -0.1) is 0 Å². The Balaban J connectivity index is 1.69. The number of hydrogen-bond donors (Lipinski definition) is 1. The fourth-order valence-corrected chi connectivity index (χ4v) is 3.57. The van der Waals surface area contributed by atoms with Crippen LogP contribution in [0.2, 0.25) is 0 Å². The molecule has 1 atom stereocenters. The molecule has 1 aromatic carbocycles. The molecule has 1 unspecified atom stereocenters. The number of carbonyl (C=O) groups is 1. The van der Waals surface area contributed by atoms with E-state index in [-0.39, 0.29) is 18.4 Å². The van der Waals surface area contributed by atoms with Gasteiger partial charge in [-0.3, -0.25) is 4.79 Å². The van der Waals surface area contributed by atoms with Crippen LogP contribution in [0, 0.1) is 12.8 Å². The van der Waals surface area contributed by atoms with Crippen LogP contribution in [-0.4, -0.2) is 61.0 Å². The first-order valence-corrected chi connectivity index (χ1v) is 8.79. The number of nitrogens with zero attached hydrogens (tertiary/aromatic N) is 1. The second-order valence-corrected chi connectivity index (χ2v) is 7.00. The lowest BCUT2D eigenvalue weighted by atomic mass is 9.91. The lowest BCUT2D eigenvalue weighted by Gasteiger charge is -2.43. The molecule has 0 saturated carbocycles. The van der Waals surface area contributed by atoms with Crippen molar-refractivity contribution in [2.45, 2.75) is 31.8 Å². The van der Waals surface area contributed by atoms with Crippen molar-refractivity contribution in [3.05, 3.63) is 35.4 Å². The second kappa shape index (κ2) is 7.64. The quantitative estimate of drug-likeness (QED) is 0.908. The molecular weight excluding hydrogens is 306 g/mol. The van der Waals surface area contributed by atoms with E-state index in [2.05, 4.69) is 31.2 Å². The van der Waals surface area contributed by atoms with Gasteiger partial charge in [-0.05, 0) is 25.3 Å². The molecule has 2 aliphatic heterocycles. The van der Waals surface area contributed by atoms with Crippen molar-refractivity contribution < 1.29 is 19.4 Å². The van der Waals surface area contributed by atoms with E-state index in [1.807, 2.05) is 4.90 Å². The number of rotatable bonds is 4. The second-order valence-electron chi connectivity index (χ2n) is 7.00. The Morgan fingerprint density at radius 2 is 1.96 bits per heavy atom. The average molecular weight is 333 g/mol. The highest BCUT2D eigenvalue weighted by Crippen LogP contribution is 2.26. The summed E-state index contributed by atoms with van der Waals surface area (Å²) in [5.41, 5.74) is 1.63. The molecule has 0 aliphatic carbocycles. The van der Waals surface area contributed by atoms with Gasteiger partial charge < -0.3 is 19.5 Å². The number of amides is 1. The molecule has 0 radical (unpaired) electrons. The zero-order chi connectivity index (χ0) is 17.0. The van der Waals surface area contributed by atoms with Crippen LogP contribution < -0.4 is 0 Å². The van der Waals surface area contributed by atoms with Gasteiger partial charge in [0.1, 0.15) is 5.60 Å². The molecule has 2 saturated heterocycles. The van der Waals surface area contributed by atoms with E-state index >= 15 is 0 Å². The maximum atomic E-state index is 12.8. The van der Waals surface area contributed by atoms with Crippen molar-refractivity contribution in [3.8, 4) is 0 Å². The van der Waals surface area contributed by atoms with Crippen molar-refractivity contribution in [1.82, 2.24) is 4.90 Å². The Hall–Kier alpha value is -1.43. The highest BCUT2D eigenvalue weighted by atomic mass is 16.5. The van der Waals surface area contributed by atoms with Crippen LogP contribution in [0.4, 0.5) is 0 Å². The SMILES string of the molecule is Cc1ccc(CC2(CO)CN(C(=O)C3CCOCC3)CCO2)cc1. The summed E-state index contributed by atoms with van der Waals surface area (Å²) in [7, 11) is 0. The number of carbonyl (C=O) groups excluding carboxylic acids is 1. The van der Waals surface area contributed by atoms with Gasteiger partial charge in [-0.2, -0.15) is 0 Å². The van der Waals surface area contributed by atoms with E-state index in [9.17, 15) is 9.90 Å². The molecule has 1 aromatic rings. The lowest BCUT2D eigenvalue weighted by molar-refractivity contribution is -0.163. The van der Waals surface area contributed by atoms with Gasteiger partial charge >= 0.3 is 0 Å². The van der Waals surface area contributed by atoms with Crippen molar-refractivity contribution in [1.29, 1.82) is 0 Å². The summed E-state index contributed by atoms with van der Waals surface area (Å²) < 4.78 is 11.3. The van der Waals surface area contributed by atoms with Crippen molar-refractivity contribution >= 4 is 5.91 Å². The van der Waals surface area contributed by atoms with Gasteiger partial charge in [-0.1, -0.05) is 29.8 Å². The minimum atomic E-state index is -0.700. The molecular formula is C19H27NO4. The first kappa shape index (κ1) is 17.4. The molecule has 0 bridgehead atoms. The predicted molar refractivity (Wildman–Crippen MR) is 90.8 cm³/mol. The lowest BCUT2D eigenvalue weighted by Crippen LogP contribution is -2.58. The standard InChI is InChI=1S/C19H27NO4/c1-15-2-4-16(5-3-15)12-19(14-21)13-20(8-11-24-19)18(22)17-6-9-23-10-7-17/h2-5,17,21H,6-14H2,1H3. The molecule has 132 valence electrons. The van der Waals surface area contributed by atoms with Gasteiger partial charge in [0, 0.05) is 32.1 Å². The number of hydrogen-bond acceptors (Lipinski definition) is 4. The fourth-order valence-electron chi connectivity index (χ4n) is 3.57. The summed E-state index contributed by atoms with van der Waals surface area (Å²) in [6.07, 6.45) is 2.20. The average Bonchev–Trinajstić information content (AvgIpc) is 2.64. The van der Waals surface area contributed by atoms with E-state index in [4.69, 9.17) is 9.47 Å². The largest absolute Gasteiger partial charge is 0.393 e. The Kier molecular flexibility index (Phi) is 5.54. The maximum absolute atomic E-state index is 12.8.